The van der Waals surface area contributed by atoms with Crippen molar-refractivity contribution in [2.24, 2.45) is 5.92 Å². The second-order valence-electron chi connectivity index (χ2n) is 5.01. The van der Waals surface area contributed by atoms with Crippen molar-refractivity contribution < 1.29 is 13.9 Å². The number of halogens is 2. The number of aliphatic hydroxyl groups excluding tert-OH is 1. The van der Waals surface area contributed by atoms with Crippen LogP contribution in [0.15, 0.2) is 11.1 Å². The van der Waals surface area contributed by atoms with Crippen LogP contribution in [0, 0.1) is 5.92 Å². The molecule has 108 valence electrons. The van der Waals surface area contributed by atoms with Crippen molar-refractivity contribution in [1.82, 2.24) is 19.5 Å². The Kier molecular flexibility index (Phi) is 2.75. The van der Waals surface area contributed by atoms with E-state index in [0.717, 1.165) is 0 Å². The SMILES string of the molecule is Nc1nc2c(ncn2[C@@H]2C[C@H](CO)C(F)(F)C2)c(=O)[nH]1. The number of fused-ring (bicyclic) bond motifs is 1. The van der Waals surface area contributed by atoms with Crippen LogP contribution in [0.4, 0.5) is 14.7 Å². The van der Waals surface area contributed by atoms with E-state index >= 15 is 0 Å². The second-order valence-corrected chi connectivity index (χ2v) is 5.01. The molecule has 0 saturated heterocycles. The molecule has 0 unspecified atom stereocenters. The Hall–Kier alpha value is -2.03. The van der Waals surface area contributed by atoms with Crippen molar-refractivity contribution in [3.8, 4) is 0 Å². The van der Waals surface area contributed by atoms with Gasteiger partial charge in [-0.3, -0.25) is 9.78 Å². The number of alkyl halides is 2. The third-order valence-electron chi connectivity index (χ3n) is 3.73. The fourth-order valence-corrected chi connectivity index (χ4v) is 2.70. The summed E-state index contributed by atoms with van der Waals surface area (Å²) in [5.41, 5.74) is 5.21. The molecule has 2 atom stereocenters. The highest BCUT2D eigenvalue weighted by atomic mass is 19.3. The molecule has 9 heteroatoms. The Bertz CT molecular complexity index is 710. The van der Waals surface area contributed by atoms with E-state index in [-0.39, 0.29) is 23.5 Å². The van der Waals surface area contributed by atoms with E-state index in [1.165, 1.54) is 10.9 Å². The summed E-state index contributed by atoms with van der Waals surface area (Å²) in [5.74, 6) is -4.13. The number of nitrogens with zero attached hydrogens (tertiary/aromatic N) is 3. The molecule has 1 aliphatic carbocycles. The molecule has 0 aromatic carbocycles. The van der Waals surface area contributed by atoms with Crippen LogP contribution in [0.3, 0.4) is 0 Å². The number of rotatable bonds is 2. The summed E-state index contributed by atoms with van der Waals surface area (Å²) >= 11 is 0. The maximum atomic E-state index is 13.7. The lowest BCUT2D eigenvalue weighted by Gasteiger charge is -2.14. The largest absolute Gasteiger partial charge is 0.396 e. The molecule has 0 aliphatic heterocycles. The Morgan fingerprint density at radius 3 is 3.00 bits per heavy atom. The number of aromatic amines is 1. The second kappa shape index (κ2) is 4.23. The van der Waals surface area contributed by atoms with Crippen LogP contribution < -0.4 is 11.3 Å². The molecule has 20 heavy (non-hydrogen) atoms. The number of aliphatic hydroxyl groups is 1. The van der Waals surface area contributed by atoms with Crippen LogP contribution in [0.25, 0.3) is 11.2 Å². The number of nitrogen functional groups attached to an aromatic ring is 1. The number of imidazole rings is 1. The van der Waals surface area contributed by atoms with Gasteiger partial charge in [0.25, 0.3) is 11.5 Å². The third kappa shape index (κ3) is 1.85. The van der Waals surface area contributed by atoms with Crippen LogP contribution in [-0.2, 0) is 0 Å². The highest BCUT2D eigenvalue weighted by Crippen LogP contribution is 2.46. The molecule has 7 nitrogen and oxygen atoms in total. The molecule has 4 N–H and O–H groups in total. The fourth-order valence-electron chi connectivity index (χ4n) is 2.70. The minimum atomic E-state index is -2.94. The summed E-state index contributed by atoms with van der Waals surface area (Å²) in [6, 6.07) is -0.569. The Morgan fingerprint density at radius 1 is 1.60 bits per heavy atom. The fraction of sp³-hybridized carbons (Fsp3) is 0.545. The molecule has 0 spiro atoms. The minimum Gasteiger partial charge on any atom is -0.396 e. The van der Waals surface area contributed by atoms with Crippen LogP contribution in [0.5, 0.6) is 0 Å². The summed E-state index contributed by atoms with van der Waals surface area (Å²) in [5, 5.41) is 9.02. The van der Waals surface area contributed by atoms with E-state index in [1.807, 2.05) is 0 Å². The molecule has 1 aliphatic rings. The molecule has 0 amide bonds. The monoisotopic (exact) mass is 285 g/mol. The third-order valence-corrected chi connectivity index (χ3v) is 3.73. The van der Waals surface area contributed by atoms with Gasteiger partial charge in [0.15, 0.2) is 11.2 Å². The lowest BCUT2D eigenvalue weighted by Crippen LogP contribution is -2.24. The number of nitrogens with two attached hydrogens (primary N) is 1. The van der Waals surface area contributed by atoms with Crippen molar-refractivity contribution in [1.29, 1.82) is 0 Å². The topological polar surface area (TPSA) is 110 Å². The molecule has 2 heterocycles. The summed E-state index contributed by atoms with van der Waals surface area (Å²) in [4.78, 5) is 21.8. The van der Waals surface area contributed by atoms with Gasteiger partial charge >= 0.3 is 0 Å². The van der Waals surface area contributed by atoms with E-state index in [1.54, 1.807) is 0 Å². The zero-order valence-electron chi connectivity index (χ0n) is 10.4. The standard InChI is InChI=1S/C11H13F2N5O2/c12-11(13)2-6(1-5(11)3-19)18-4-15-7-8(18)16-10(14)17-9(7)20/h4-6,19H,1-3H2,(H3,14,16,17,20)/t5-,6-/m1/s1. The molecular formula is C11H13F2N5O2. The van der Waals surface area contributed by atoms with Gasteiger partial charge in [0.2, 0.25) is 5.95 Å². The number of hydrogen-bond donors (Lipinski definition) is 3. The Morgan fingerprint density at radius 2 is 2.35 bits per heavy atom. The van der Waals surface area contributed by atoms with E-state index in [4.69, 9.17) is 10.8 Å². The first kappa shape index (κ1) is 13.0. The smallest absolute Gasteiger partial charge is 0.280 e. The molecule has 0 radical (unpaired) electrons. The zero-order chi connectivity index (χ0) is 14.5. The van der Waals surface area contributed by atoms with Crippen molar-refractivity contribution >= 4 is 17.1 Å². The first-order valence-corrected chi connectivity index (χ1v) is 6.13. The number of anilines is 1. The molecule has 3 rings (SSSR count). The van der Waals surface area contributed by atoms with Crippen molar-refractivity contribution in [2.75, 3.05) is 12.3 Å². The van der Waals surface area contributed by atoms with Gasteiger partial charge in [-0.1, -0.05) is 0 Å². The van der Waals surface area contributed by atoms with Gasteiger partial charge in [0, 0.05) is 18.4 Å². The van der Waals surface area contributed by atoms with Crippen LogP contribution in [0.2, 0.25) is 0 Å². The van der Waals surface area contributed by atoms with Crippen LogP contribution >= 0.6 is 0 Å². The molecular weight excluding hydrogens is 272 g/mol. The summed E-state index contributed by atoms with van der Waals surface area (Å²) in [7, 11) is 0. The number of aromatic nitrogens is 4. The molecule has 0 bridgehead atoms. The zero-order valence-corrected chi connectivity index (χ0v) is 10.4. The highest BCUT2D eigenvalue weighted by Gasteiger charge is 2.49. The van der Waals surface area contributed by atoms with Crippen molar-refractivity contribution in [3.05, 3.63) is 16.7 Å². The predicted molar refractivity (Wildman–Crippen MR) is 66.4 cm³/mol. The van der Waals surface area contributed by atoms with E-state index < -0.39 is 36.5 Å². The maximum Gasteiger partial charge on any atom is 0.280 e. The van der Waals surface area contributed by atoms with Crippen LogP contribution in [-0.4, -0.2) is 37.2 Å². The molecule has 2 aromatic rings. The normalized spacial score (nSPS) is 25.4. The molecule has 1 saturated carbocycles. The van der Waals surface area contributed by atoms with Gasteiger partial charge in [-0.05, 0) is 6.42 Å². The lowest BCUT2D eigenvalue weighted by molar-refractivity contribution is -0.0551. The average molecular weight is 285 g/mol. The van der Waals surface area contributed by atoms with E-state index in [2.05, 4.69) is 15.0 Å². The summed E-state index contributed by atoms with van der Waals surface area (Å²) in [6.07, 6.45) is 0.994. The van der Waals surface area contributed by atoms with Gasteiger partial charge in [0.1, 0.15) is 0 Å². The summed E-state index contributed by atoms with van der Waals surface area (Å²) in [6.45, 7) is -0.577. The van der Waals surface area contributed by atoms with Gasteiger partial charge in [-0.2, -0.15) is 4.98 Å². The number of hydrogen-bond acceptors (Lipinski definition) is 5. The number of H-pyrrole nitrogens is 1. The first-order valence-electron chi connectivity index (χ1n) is 6.13. The van der Waals surface area contributed by atoms with Gasteiger partial charge in [0.05, 0.1) is 12.9 Å². The van der Waals surface area contributed by atoms with Gasteiger partial charge in [-0.25, -0.2) is 13.8 Å². The van der Waals surface area contributed by atoms with Crippen molar-refractivity contribution in [2.45, 2.75) is 24.8 Å². The number of nitrogens with one attached hydrogen (secondary N) is 1. The molecule has 1 fully saturated rings. The molecule has 2 aromatic heterocycles. The summed E-state index contributed by atoms with van der Waals surface area (Å²) < 4.78 is 28.8. The van der Waals surface area contributed by atoms with E-state index in [9.17, 15) is 13.6 Å². The first-order chi connectivity index (χ1) is 9.42. The quantitative estimate of drug-likeness (QED) is 0.734. The highest BCUT2D eigenvalue weighted by molar-refractivity contribution is 5.70. The van der Waals surface area contributed by atoms with Gasteiger partial charge in [-0.15, -0.1) is 0 Å². The average Bonchev–Trinajstić information content (AvgIpc) is 2.89. The van der Waals surface area contributed by atoms with Crippen LogP contribution in [0.1, 0.15) is 18.9 Å². The predicted octanol–water partition coefficient (Wildman–Crippen LogP) is 0.280. The minimum absolute atomic E-state index is 0.0648. The Balaban J connectivity index is 2.06. The van der Waals surface area contributed by atoms with Crippen molar-refractivity contribution in [3.63, 3.8) is 0 Å². The van der Waals surface area contributed by atoms with E-state index in [0.29, 0.717) is 0 Å². The van der Waals surface area contributed by atoms with Gasteiger partial charge < -0.3 is 15.4 Å². The Labute approximate surface area is 111 Å². The lowest BCUT2D eigenvalue weighted by atomic mass is 10.1. The maximum absolute atomic E-state index is 13.7.